The number of hydrogen-bond donors (Lipinski definition) is 1. The average molecular weight is 819 g/mol. The molecule has 2 aromatic heterocycles. The van der Waals surface area contributed by atoms with Gasteiger partial charge in [-0.05, 0) is 106 Å². The summed E-state index contributed by atoms with van der Waals surface area (Å²) in [4.78, 5) is 2.41. The van der Waals surface area contributed by atoms with E-state index in [4.69, 9.17) is 8.83 Å². The number of nitrogens with one attached hydrogen (secondary N) is 1. The van der Waals surface area contributed by atoms with Gasteiger partial charge in [-0.3, -0.25) is 0 Å². The normalized spacial score (nSPS) is 12.3. The number of nitrogens with zero attached hydrogens (tertiary/aromatic N) is 1. The standard InChI is InChI=1S/C46H38N2O.C13H12O/c1-28(2)38-26-40(47-30-14-7-5-8-15-30)36-24-22-34-39(29(3)4)27-42(37-25-23-33(38)44(36)45(34)37)48(31-16-9-6-10-17-31)41-20-13-19-35-32-18-11-12-21-43(32)49-46(35)41;1-3-4-7-11-10(2)14-13-9-6-5-8-12(11)13/h5-29,47H,1-4H3;3-9H,2H2,1H3/b;4-3-,11-7+. The third-order valence-electron chi connectivity index (χ3n) is 12.3. The fourth-order valence-electron chi connectivity index (χ4n) is 9.33. The molecule has 0 saturated carbocycles. The first kappa shape index (κ1) is 39.6. The molecule has 9 aromatic carbocycles. The van der Waals surface area contributed by atoms with Gasteiger partial charge in [0, 0.05) is 49.2 Å². The zero-order valence-corrected chi connectivity index (χ0v) is 36.4. The molecule has 0 saturated heterocycles. The van der Waals surface area contributed by atoms with Gasteiger partial charge in [-0.2, -0.15) is 0 Å². The van der Waals surface area contributed by atoms with Crippen molar-refractivity contribution in [3.63, 3.8) is 0 Å². The van der Waals surface area contributed by atoms with Gasteiger partial charge in [0.15, 0.2) is 5.58 Å². The van der Waals surface area contributed by atoms with E-state index < -0.39 is 0 Å². The van der Waals surface area contributed by atoms with Gasteiger partial charge in [0.05, 0.1) is 11.4 Å². The molecule has 0 fully saturated rings. The maximum absolute atomic E-state index is 6.67. The number of para-hydroxylation sites is 5. The third-order valence-corrected chi connectivity index (χ3v) is 12.3. The van der Waals surface area contributed by atoms with E-state index in [9.17, 15) is 0 Å². The molecule has 0 spiro atoms. The molecule has 11 aromatic rings. The van der Waals surface area contributed by atoms with Crippen molar-refractivity contribution >= 4 is 106 Å². The second-order valence-electron chi connectivity index (χ2n) is 16.9. The lowest BCUT2D eigenvalue weighted by atomic mass is 9.84. The zero-order chi connectivity index (χ0) is 43.2. The van der Waals surface area contributed by atoms with Crippen LogP contribution in [0.3, 0.4) is 0 Å². The lowest BCUT2D eigenvalue weighted by Gasteiger charge is -2.30. The highest BCUT2D eigenvalue weighted by Gasteiger charge is 2.25. The molecule has 4 heteroatoms. The van der Waals surface area contributed by atoms with Gasteiger partial charge in [-0.1, -0.05) is 162 Å². The zero-order valence-electron chi connectivity index (χ0n) is 36.4. The summed E-state index contributed by atoms with van der Waals surface area (Å²) in [5, 5.41) is 15.9. The molecule has 0 radical (unpaired) electrons. The summed E-state index contributed by atoms with van der Waals surface area (Å²) in [6, 6.07) is 58.3. The van der Waals surface area contributed by atoms with Crippen LogP contribution in [0.2, 0.25) is 0 Å². The molecule has 0 atom stereocenters. The Kier molecular flexibility index (Phi) is 10.3. The van der Waals surface area contributed by atoms with Crippen LogP contribution in [0.25, 0.3) is 77.9 Å². The Bertz CT molecular complexity index is 3580. The highest BCUT2D eigenvalue weighted by molar-refractivity contribution is 6.29. The molecule has 1 N–H and O–H groups in total. The molecular formula is C59H50N2O2. The molecule has 0 unspecified atom stereocenters. The largest absolute Gasteiger partial charge is 0.457 e. The molecule has 11 rings (SSSR count). The molecule has 0 amide bonds. The average Bonchev–Trinajstić information content (AvgIpc) is 3.85. The van der Waals surface area contributed by atoms with Crippen molar-refractivity contribution in [2.24, 2.45) is 0 Å². The minimum absolute atomic E-state index is 0.314. The predicted molar refractivity (Wildman–Crippen MR) is 270 cm³/mol. The fourth-order valence-corrected chi connectivity index (χ4v) is 9.33. The number of hydrogen-bond acceptors (Lipinski definition) is 4. The van der Waals surface area contributed by atoms with E-state index in [1.165, 1.54) is 43.4 Å². The second-order valence-corrected chi connectivity index (χ2v) is 16.9. The van der Waals surface area contributed by atoms with Crippen LogP contribution in [0.15, 0.2) is 185 Å². The first-order valence-corrected chi connectivity index (χ1v) is 22.0. The number of benzene rings is 9. The van der Waals surface area contributed by atoms with E-state index in [1.807, 2.05) is 55.5 Å². The number of furan rings is 2. The van der Waals surface area contributed by atoms with E-state index in [1.54, 1.807) is 0 Å². The number of fused-ring (bicyclic) bond motifs is 4. The van der Waals surface area contributed by atoms with Crippen LogP contribution in [-0.4, -0.2) is 0 Å². The Morgan fingerprint density at radius 3 is 1.79 bits per heavy atom. The Hall–Kier alpha value is -7.56. The van der Waals surface area contributed by atoms with E-state index in [-0.39, 0.29) is 0 Å². The van der Waals surface area contributed by atoms with Crippen molar-refractivity contribution < 1.29 is 8.83 Å². The summed E-state index contributed by atoms with van der Waals surface area (Å²) in [5.74, 6) is 0.672. The van der Waals surface area contributed by atoms with Gasteiger partial charge in [-0.25, -0.2) is 0 Å². The quantitative estimate of drug-likeness (QED) is 0.155. The minimum Gasteiger partial charge on any atom is -0.457 e. The maximum Gasteiger partial charge on any atom is 0.159 e. The summed E-state index contributed by atoms with van der Waals surface area (Å²) in [5.41, 5.74) is 11.6. The highest BCUT2D eigenvalue weighted by Crippen LogP contribution is 2.50. The van der Waals surface area contributed by atoms with Gasteiger partial charge in [0.25, 0.3) is 0 Å². The topological polar surface area (TPSA) is 41.6 Å². The van der Waals surface area contributed by atoms with Crippen LogP contribution in [0, 0.1) is 0 Å². The smallest absolute Gasteiger partial charge is 0.159 e. The van der Waals surface area contributed by atoms with Gasteiger partial charge in [-0.15, -0.1) is 0 Å². The van der Waals surface area contributed by atoms with Gasteiger partial charge in [0.1, 0.15) is 16.6 Å². The third kappa shape index (κ3) is 6.98. The van der Waals surface area contributed by atoms with E-state index in [0.29, 0.717) is 11.8 Å². The summed E-state index contributed by atoms with van der Waals surface area (Å²) in [7, 11) is 0. The molecule has 2 heterocycles. The summed E-state index contributed by atoms with van der Waals surface area (Å²) in [6.45, 7) is 15.1. The lowest BCUT2D eigenvalue weighted by molar-refractivity contribution is 0.577. The minimum atomic E-state index is 0.314. The van der Waals surface area contributed by atoms with E-state index in [0.717, 1.165) is 72.0 Å². The Labute approximate surface area is 368 Å². The first-order valence-electron chi connectivity index (χ1n) is 22.0. The second kappa shape index (κ2) is 16.4. The monoisotopic (exact) mass is 818 g/mol. The number of rotatable bonds is 8. The molecule has 0 bridgehead atoms. The molecule has 308 valence electrons. The van der Waals surface area contributed by atoms with Crippen LogP contribution in [0.1, 0.15) is 57.6 Å². The van der Waals surface area contributed by atoms with Gasteiger partial charge in [0.2, 0.25) is 0 Å². The van der Waals surface area contributed by atoms with E-state index in [2.05, 4.69) is 178 Å². The number of allylic oxidation sites excluding steroid dienone is 2. The van der Waals surface area contributed by atoms with Crippen LogP contribution in [0.4, 0.5) is 28.4 Å². The first-order chi connectivity index (χ1) is 30.8. The predicted octanol–water partition coefficient (Wildman–Crippen LogP) is 16.1. The van der Waals surface area contributed by atoms with Crippen molar-refractivity contribution in [1.29, 1.82) is 0 Å². The highest BCUT2D eigenvalue weighted by atomic mass is 16.3. The molecule has 4 nitrogen and oxygen atoms in total. The van der Waals surface area contributed by atoms with Crippen molar-refractivity contribution in [2.45, 2.75) is 46.5 Å². The molecule has 0 aliphatic carbocycles. The van der Waals surface area contributed by atoms with Gasteiger partial charge >= 0.3 is 0 Å². The van der Waals surface area contributed by atoms with Crippen molar-refractivity contribution in [3.8, 4) is 0 Å². The van der Waals surface area contributed by atoms with Crippen LogP contribution in [-0.2, 0) is 0 Å². The Morgan fingerprint density at radius 2 is 1.10 bits per heavy atom. The molecule has 0 aliphatic rings. The van der Waals surface area contributed by atoms with Crippen molar-refractivity contribution in [3.05, 3.63) is 198 Å². The molecular weight excluding hydrogens is 769 g/mol. The van der Waals surface area contributed by atoms with Crippen LogP contribution in [0.5, 0.6) is 0 Å². The summed E-state index contributed by atoms with van der Waals surface area (Å²) < 4.78 is 12.2. The van der Waals surface area contributed by atoms with Crippen LogP contribution < -0.4 is 20.9 Å². The summed E-state index contributed by atoms with van der Waals surface area (Å²) in [6.07, 6.45) is 6.00. The van der Waals surface area contributed by atoms with E-state index >= 15 is 0 Å². The van der Waals surface area contributed by atoms with Crippen molar-refractivity contribution in [2.75, 3.05) is 10.2 Å². The van der Waals surface area contributed by atoms with Crippen molar-refractivity contribution in [1.82, 2.24) is 0 Å². The SMILES string of the molecule is C=c1oc2ccccc2/c1=C/C=C\C.CC(C)c1cc(Nc2ccccc2)c2ccc3c(C(C)C)cc(N(c4ccccc4)c4cccc5c4oc4ccccc45)c4ccc1c2c34. The Morgan fingerprint density at radius 1 is 0.524 bits per heavy atom. The lowest BCUT2D eigenvalue weighted by Crippen LogP contribution is -2.17. The molecule has 0 aliphatic heterocycles. The Balaban J connectivity index is 0.000000287. The van der Waals surface area contributed by atoms with Gasteiger partial charge < -0.3 is 19.1 Å². The number of anilines is 5. The maximum atomic E-state index is 6.67. The van der Waals surface area contributed by atoms with Crippen LogP contribution >= 0.6 is 0 Å². The molecule has 63 heavy (non-hydrogen) atoms. The summed E-state index contributed by atoms with van der Waals surface area (Å²) >= 11 is 0. The fraction of sp³-hybridized carbons (Fsp3) is 0.119.